The van der Waals surface area contributed by atoms with Gasteiger partial charge in [0.05, 0.1) is 17.7 Å². The van der Waals surface area contributed by atoms with Crippen molar-refractivity contribution >= 4 is 21.5 Å². The van der Waals surface area contributed by atoms with Crippen LogP contribution in [-0.2, 0) is 6.42 Å². The van der Waals surface area contributed by atoms with Crippen LogP contribution in [-0.4, -0.2) is 7.11 Å². The van der Waals surface area contributed by atoms with Crippen LogP contribution >= 0.6 is 15.9 Å². The molecule has 16 heavy (non-hydrogen) atoms. The molecule has 0 N–H and O–H groups in total. The Hall–Kier alpha value is -1.27. The zero-order valence-electron chi connectivity index (χ0n) is 9.30. The van der Waals surface area contributed by atoms with E-state index in [9.17, 15) is 0 Å². The fourth-order valence-electron chi connectivity index (χ4n) is 2.34. The lowest BCUT2D eigenvalue weighted by Gasteiger charge is -2.12. The Labute approximate surface area is 104 Å². The van der Waals surface area contributed by atoms with E-state index in [-0.39, 0.29) is 0 Å². The first-order chi connectivity index (χ1) is 7.69. The normalized spacial score (nSPS) is 16.0. The first kappa shape index (κ1) is 11.2. The lowest BCUT2D eigenvalue weighted by atomic mass is 10.0. The smallest absolute Gasteiger partial charge is 0.136 e. The van der Waals surface area contributed by atoms with Gasteiger partial charge < -0.3 is 4.74 Å². The molecule has 1 aromatic rings. The van der Waals surface area contributed by atoms with Gasteiger partial charge in [0.15, 0.2) is 0 Å². The molecule has 0 fully saturated rings. The van der Waals surface area contributed by atoms with Gasteiger partial charge in [0.25, 0.3) is 0 Å². The van der Waals surface area contributed by atoms with Crippen LogP contribution in [0.15, 0.2) is 16.6 Å². The van der Waals surface area contributed by atoms with Crippen LogP contribution in [0.4, 0.5) is 0 Å². The van der Waals surface area contributed by atoms with E-state index in [0.29, 0.717) is 0 Å². The molecule has 0 bridgehead atoms. The molecule has 0 atom stereocenters. The lowest BCUT2D eigenvalue weighted by Crippen LogP contribution is -1.94. The maximum Gasteiger partial charge on any atom is 0.136 e. The second-order valence-electron chi connectivity index (χ2n) is 3.85. The molecular formula is C13H12BrNO. The largest absolute Gasteiger partial charge is 0.495 e. The lowest BCUT2D eigenvalue weighted by molar-refractivity contribution is 0.409. The zero-order chi connectivity index (χ0) is 11.7. The van der Waals surface area contributed by atoms with Crippen molar-refractivity contribution in [2.24, 2.45) is 0 Å². The highest BCUT2D eigenvalue weighted by Crippen LogP contribution is 2.42. The number of fused-ring (bicyclic) bond motifs is 1. The van der Waals surface area contributed by atoms with Gasteiger partial charge in [0.1, 0.15) is 5.75 Å². The Morgan fingerprint density at radius 2 is 2.25 bits per heavy atom. The minimum absolute atomic E-state index is 0.865. The van der Waals surface area contributed by atoms with Gasteiger partial charge in [-0.1, -0.05) is 0 Å². The summed E-state index contributed by atoms with van der Waals surface area (Å²) < 4.78 is 6.36. The van der Waals surface area contributed by atoms with Gasteiger partial charge in [-0.3, -0.25) is 0 Å². The number of methoxy groups -OCH3 is 1. The number of hydrogen-bond acceptors (Lipinski definition) is 2. The maximum atomic E-state index is 8.76. The number of ether oxygens (including phenoxy) is 1. The molecular weight excluding hydrogens is 266 g/mol. The summed E-state index contributed by atoms with van der Waals surface area (Å²) in [6.45, 7) is 2.04. The van der Waals surface area contributed by atoms with E-state index in [2.05, 4.69) is 28.1 Å². The fraction of sp³-hybridized carbons (Fsp3) is 0.308. The Kier molecular flexibility index (Phi) is 3.02. The van der Waals surface area contributed by atoms with E-state index in [1.165, 1.54) is 11.1 Å². The SMILES string of the molecule is COc1c(Br)cc2c(c1C)C(=CC#N)CC2. The van der Waals surface area contributed by atoms with Gasteiger partial charge in [-0.05, 0) is 64.0 Å². The van der Waals surface area contributed by atoms with E-state index in [4.69, 9.17) is 10.00 Å². The Balaban J connectivity index is 2.68. The average Bonchev–Trinajstić information content (AvgIpc) is 2.62. The first-order valence-corrected chi connectivity index (χ1v) is 5.93. The Morgan fingerprint density at radius 3 is 2.88 bits per heavy atom. The summed E-state index contributed by atoms with van der Waals surface area (Å²) in [5.41, 5.74) is 4.74. The van der Waals surface area contributed by atoms with Gasteiger partial charge in [0, 0.05) is 6.08 Å². The van der Waals surface area contributed by atoms with Crippen LogP contribution in [0, 0.1) is 18.3 Å². The molecule has 0 aromatic heterocycles. The van der Waals surface area contributed by atoms with E-state index >= 15 is 0 Å². The van der Waals surface area contributed by atoms with Crippen LogP contribution in [0.2, 0.25) is 0 Å². The second kappa shape index (κ2) is 4.31. The number of rotatable bonds is 1. The molecule has 1 aliphatic rings. The van der Waals surface area contributed by atoms with Gasteiger partial charge in [-0.25, -0.2) is 0 Å². The van der Waals surface area contributed by atoms with Crippen molar-refractivity contribution in [3.63, 3.8) is 0 Å². The van der Waals surface area contributed by atoms with Crippen LogP contribution in [0.5, 0.6) is 5.75 Å². The fourth-order valence-corrected chi connectivity index (χ4v) is 3.07. The Bertz CT molecular complexity index is 512. The molecule has 0 radical (unpaired) electrons. The number of hydrogen-bond donors (Lipinski definition) is 0. The molecule has 2 nitrogen and oxygen atoms in total. The molecule has 0 saturated carbocycles. The quantitative estimate of drug-likeness (QED) is 0.735. The number of nitriles is 1. The van der Waals surface area contributed by atoms with E-state index in [1.54, 1.807) is 13.2 Å². The number of allylic oxidation sites excluding steroid dienone is 2. The molecule has 1 aromatic carbocycles. The third-order valence-electron chi connectivity index (χ3n) is 2.98. The summed E-state index contributed by atoms with van der Waals surface area (Å²) in [5, 5.41) is 8.76. The molecule has 1 aliphatic carbocycles. The zero-order valence-corrected chi connectivity index (χ0v) is 10.9. The molecule has 0 amide bonds. The van der Waals surface area contributed by atoms with Gasteiger partial charge in [-0.15, -0.1) is 0 Å². The predicted molar refractivity (Wildman–Crippen MR) is 67.3 cm³/mol. The summed E-state index contributed by atoms with van der Waals surface area (Å²) in [4.78, 5) is 0. The van der Waals surface area contributed by atoms with Crippen LogP contribution < -0.4 is 4.74 Å². The van der Waals surface area contributed by atoms with Gasteiger partial charge in [-0.2, -0.15) is 5.26 Å². The Morgan fingerprint density at radius 1 is 1.50 bits per heavy atom. The van der Waals surface area contributed by atoms with Crippen molar-refractivity contribution in [3.05, 3.63) is 33.3 Å². The van der Waals surface area contributed by atoms with Crippen molar-refractivity contribution in [2.45, 2.75) is 19.8 Å². The van der Waals surface area contributed by atoms with E-state index < -0.39 is 0 Å². The monoisotopic (exact) mass is 277 g/mol. The third kappa shape index (κ3) is 1.64. The van der Waals surface area contributed by atoms with Crippen molar-refractivity contribution in [3.8, 4) is 11.8 Å². The van der Waals surface area contributed by atoms with Crippen molar-refractivity contribution < 1.29 is 4.74 Å². The minimum Gasteiger partial charge on any atom is -0.495 e. The van der Waals surface area contributed by atoms with E-state index in [1.807, 2.05) is 6.92 Å². The summed E-state index contributed by atoms with van der Waals surface area (Å²) in [6, 6.07) is 4.21. The summed E-state index contributed by atoms with van der Waals surface area (Å²) in [7, 11) is 1.67. The molecule has 3 heteroatoms. The second-order valence-corrected chi connectivity index (χ2v) is 4.70. The highest BCUT2D eigenvalue weighted by atomic mass is 79.9. The summed E-state index contributed by atoms with van der Waals surface area (Å²) in [5.74, 6) is 0.865. The molecule has 2 rings (SSSR count). The molecule has 82 valence electrons. The summed E-state index contributed by atoms with van der Waals surface area (Å²) >= 11 is 3.51. The topological polar surface area (TPSA) is 33.0 Å². The predicted octanol–water partition coefficient (Wildman–Crippen LogP) is 3.62. The van der Waals surface area contributed by atoms with Crippen LogP contribution in [0.3, 0.4) is 0 Å². The highest BCUT2D eigenvalue weighted by Gasteiger charge is 2.22. The number of aryl methyl sites for hydroxylation is 1. The number of halogens is 1. The molecule has 0 unspecified atom stereocenters. The van der Waals surface area contributed by atoms with Gasteiger partial charge >= 0.3 is 0 Å². The third-order valence-corrected chi connectivity index (χ3v) is 3.57. The molecule has 0 heterocycles. The van der Waals surface area contributed by atoms with Crippen molar-refractivity contribution in [1.82, 2.24) is 0 Å². The highest BCUT2D eigenvalue weighted by molar-refractivity contribution is 9.10. The number of nitrogens with zero attached hydrogens (tertiary/aromatic N) is 1. The van der Waals surface area contributed by atoms with Crippen LogP contribution in [0.25, 0.3) is 5.57 Å². The minimum atomic E-state index is 0.865. The molecule has 0 spiro atoms. The van der Waals surface area contributed by atoms with Crippen LogP contribution in [0.1, 0.15) is 23.1 Å². The summed E-state index contributed by atoms with van der Waals surface area (Å²) in [6.07, 6.45) is 3.60. The maximum absolute atomic E-state index is 8.76. The first-order valence-electron chi connectivity index (χ1n) is 5.14. The standard InChI is InChI=1S/C13H12BrNO/c1-8-12-9(5-6-15)3-4-10(12)7-11(14)13(8)16-2/h5,7H,3-4H2,1-2H3. The average molecular weight is 278 g/mol. The molecule has 0 saturated heterocycles. The van der Waals surface area contributed by atoms with Crippen molar-refractivity contribution in [2.75, 3.05) is 7.11 Å². The molecule has 0 aliphatic heterocycles. The number of benzene rings is 1. The van der Waals surface area contributed by atoms with Gasteiger partial charge in [0.2, 0.25) is 0 Å². The van der Waals surface area contributed by atoms with E-state index in [0.717, 1.165) is 34.2 Å². The van der Waals surface area contributed by atoms with Crippen molar-refractivity contribution in [1.29, 1.82) is 5.26 Å².